The largest absolute Gasteiger partial charge is 0.375 e. The van der Waals surface area contributed by atoms with Gasteiger partial charge < -0.3 is 9.26 Å². The number of ether oxygens (including phenoxy) is 1. The third kappa shape index (κ3) is 3.56. The van der Waals surface area contributed by atoms with Gasteiger partial charge in [0.05, 0.1) is 12.1 Å². The highest BCUT2D eigenvalue weighted by molar-refractivity contribution is 7.08. The second-order valence-corrected chi connectivity index (χ2v) is 7.12. The minimum Gasteiger partial charge on any atom is -0.375 e. The maximum absolute atomic E-state index is 5.82. The molecule has 1 fully saturated rings. The second-order valence-electron chi connectivity index (χ2n) is 6.34. The van der Waals surface area contributed by atoms with E-state index >= 15 is 0 Å². The van der Waals surface area contributed by atoms with Crippen molar-refractivity contribution in [1.82, 2.24) is 15.0 Å². The molecule has 5 nitrogen and oxygen atoms in total. The van der Waals surface area contributed by atoms with Crippen molar-refractivity contribution in [3.63, 3.8) is 0 Å². The van der Waals surface area contributed by atoms with E-state index in [2.05, 4.69) is 35.8 Å². The van der Waals surface area contributed by atoms with E-state index in [4.69, 9.17) is 9.26 Å². The predicted molar refractivity (Wildman–Crippen MR) is 86.7 cm³/mol. The normalized spacial score (nSPS) is 21.4. The maximum Gasteiger partial charge on any atom is 0.241 e. The first-order valence-corrected chi connectivity index (χ1v) is 8.75. The highest BCUT2D eigenvalue weighted by Gasteiger charge is 2.32. The van der Waals surface area contributed by atoms with Crippen molar-refractivity contribution < 1.29 is 9.26 Å². The van der Waals surface area contributed by atoms with E-state index < -0.39 is 0 Å². The van der Waals surface area contributed by atoms with Gasteiger partial charge in [-0.1, -0.05) is 12.1 Å². The number of hydrogen-bond donors (Lipinski definition) is 0. The molecular formula is C16H23N3O2S. The van der Waals surface area contributed by atoms with Gasteiger partial charge in [0.25, 0.3) is 0 Å². The summed E-state index contributed by atoms with van der Waals surface area (Å²) in [6.45, 7) is 8.99. The SMILES string of the molecule is CCN(Cc1nc(-c2ccsc2)no1)C1CCOC(C)(C)C1. The van der Waals surface area contributed by atoms with Crippen LogP contribution in [0.15, 0.2) is 21.3 Å². The lowest BCUT2D eigenvalue weighted by molar-refractivity contribution is -0.0848. The number of hydrogen-bond acceptors (Lipinski definition) is 6. The van der Waals surface area contributed by atoms with Gasteiger partial charge in [0.15, 0.2) is 0 Å². The van der Waals surface area contributed by atoms with Crippen LogP contribution < -0.4 is 0 Å². The lowest BCUT2D eigenvalue weighted by Crippen LogP contribution is -2.45. The minimum absolute atomic E-state index is 0.0486. The van der Waals surface area contributed by atoms with Gasteiger partial charge in [0.1, 0.15) is 0 Å². The molecule has 6 heteroatoms. The molecule has 0 amide bonds. The van der Waals surface area contributed by atoms with Crippen molar-refractivity contribution in [2.75, 3.05) is 13.2 Å². The molecule has 22 heavy (non-hydrogen) atoms. The average molecular weight is 321 g/mol. The van der Waals surface area contributed by atoms with Crippen molar-refractivity contribution in [3.05, 3.63) is 22.7 Å². The van der Waals surface area contributed by atoms with E-state index in [1.807, 2.05) is 16.8 Å². The van der Waals surface area contributed by atoms with Crippen LogP contribution in [0.5, 0.6) is 0 Å². The summed E-state index contributed by atoms with van der Waals surface area (Å²) in [7, 11) is 0. The number of thiophene rings is 1. The lowest BCUT2D eigenvalue weighted by atomic mass is 9.93. The molecule has 1 saturated heterocycles. The molecule has 0 bridgehead atoms. The molecule has 120 valence electrons. The Labute approximate surface area is 135 Å². The Morgan fingerprint density at radius 2 is 2.32 bits per heavy atom. The molecule has 2 aromatic rings. The van der Waals surface area contributed by atoms with Gasteiger partial charge in [-0.05, 0) is 44.7 Å². The molecular weight excluding hydrogens is 298 g/mol. The van der Waals surface area contributed by atoms with Crippen LogP contribution in [0.4, 0.5) is 0 Å². The van der Waals surface area contributed by atoms with Crippen LogP contribution in [-0.4, -0.2) is 39.8 Å². The van der Waals surface area contributed by atoms with Crippen molar-refractivity contribution in [2.45, 2.75) is 51.8 Å². The Bertz CT molecular complexity index is 594. The Kier molecular flexibility index (Phi) is 4.61. The van der Waals surface area contributed by atoms with Gasteiger partial charge >= 0.3 is 0 Å². The van der Waals surface area contributed by atoms with Gasteiger partial charge in [0, 0.05) is 23.6 Å². The molecule has 0 spiro atoms. The molecule has 1 unspecified atom stereocenters. The van der Waals surface area contributed by atoms with Crippen molar-refractivity contribution in [1.29, 1.82) is 0 Å². The molecule has 0 aromatic carbocycles. The van der Waals surface area contributed by atoms with E-state index in [1.165, 1.54) is 0 Å². The fourth-order valence-electron chi connectivity index (χ4n) is 3.01. The molecule has 0 aliphatic carbocycles. The summed E-state index contributed by atoms with van der Waals surface area (Å²) >= 11 is 1.64. The first-order chi connectivity index (χ1) is 10.6. The van der Waals surface area contributed by atoms with Crippen LogP contribution in [0.3, 0.4) is 0 Å². The van der Waals surface area contributed by atoms with E-state index in [9.17, 15) is 0 Å². The second kappa shape index (κ2) is 6.48. The first kappa shape index (κ1) is 15.6. The standard InChI is InChI=1S/C16H23N3O2S/c1-4-19(13-5-7-20-16(2,3)9-13)10-14-17-15(18-21-14)12-6-8-22-11-12/h6,8,11,13H,4-5,7,9-10H2,1-3H3. The molecule has 1 aliphatic heterocycles. The summed E-state index contributed by atoms with van der Waals surface area (Å²) in [5.74, 6) is 1.37. The quantitative estimate of drug-likeness (QED) is 0.842. The Hall–Kier alpha value is -1.24. The number of rotatable bonds is 5. The van der Waals surface area contributed by atoms with Gasteiger partial charge in [-0.3, -0.25) is 4.90 Å². The van der Waals surface area contributed by atoms with Crippen LogP contribution in [0.2, 0.25) is 0 Å². The first-order valence-electron chi connectivity index (χ1n) is 7.80. The van der Waals surface area contributed by atoms with Crippen LogP contribution in [-0.2, 0) is 11.3 Å². The molecule has 1 aliphatic rings. The number of nitrogens with zero attached hydrogens (tertiary/aromatic N) is 3. The third-order valence-corrected chi connectivity index (χ3v) is 4.86. The molecule has 2 aromatic heterocycles. The Morgan fingerprint density at radius 3 is 3.00 bits per heavy atom. The van der Waals surface area contributed by atoms with Crippen molar-refractivity contribution >= 4 is 11.3 Å². The fourth-order valence-corrected chi connectivity index (χ4v) is 3.65. The predicted octanol–water partition coefficient (Wildman–Crippen LogP) is 3.58. The topological polar surface area (TPSA) is 51.4 Å². The van der Waals surface area contributed by atoms with E-state index in [0.717, 1.165) is 31.6 Å². The van der Waals surface area contributed by atoms with Crippen LogP contribution in [0.25, 0.3) is 11.4 Å². The smallest absolute Gasteiger partial charge is 0.241 e. The highest BCUT2D eigenvalue weighted by Crippen LogP contribution is 2.28. The van der Waals surface area contributed by atoms with Crippen molar-refractivity contribution in [3.8, 4) is 11.4 Å². The summed E-state index contributed by atoms with van der Waals surface area (Å²) in [5, 5.41) is 8.15. The summed E-state index contributed by atoms with van der Waals surface area (Å²) in [4.78, 5) is 6.94. The number of aromatic nitrogens is 2. The summed E-state index contributed by atoms with van der Waals surface area (Å²) in [5.41, 5.74) is 0.975. The fraction of sp³-hybridized carbons (Fsp3) is 0.625. The third-order valence-electron chi connectivity index (χ3n) is 4.18. The summed E-state index contributed by atoms with van der Waals surface area (Å²) < 4.78 is 11.3. The van der Waals surface area contributed by atoms with E-state index in [0.29, 0.717) is 24.3 Å². The van der Waals surface area contributed by atoms with Crippen molar-refractivity contribution in [2.24, 2.45) is 0 Å². The Morgan fingerprint density at radius 1 is 1.45 bits per heavy atom. The minimum atomic E-state index is -0.0486. The molecule has 0 saturated carbocycles. The summed E-state index contributed by atoms with van der Waals surface area (Å²) in [6, 6.07) is 2.52. The molecule has 0 radical (unpaired) electrons. The van der Waals surface area contributed by atoms with Crippen LogP contribution >= 0.6 is 11.3 Å². The Balaban J connectivity index is 1.68. The lowest BCUT2D eigenvalue weighted by Gasteiger charge is -2.40. The zero-order valence-corrected chi connectivity index (χ0v) is 14.2. The van der Waals surface area contributed by atoms with Gasteiger partial charge in [-0.25, -0.2) is 0 Å². The highest BCUT2D eigenvalue weighted by atomic mass is 32.1. The molecule has 3 rings (SSSR count). The monoisotopic (exact) mass is 321 g/mol. The average Bonchev–Trinajstić information content (AvgIpc) is 3.14. The van der Waals surface area contributed by atoms with E-state index in [-0.39, 0.29) is 5.60 Å². The van der Waals surface area contributed by atoms with Crippen LogP contribution in [0, 0.1) is 0 Å². The molecule has 0 N–H and O–H groups in total. The van der Waals surface area contributed by atoms with Gasteiger partial charge in [-0.2, -0.15) is 16.3 Å². The van der Waals surface area contributed by atoms with Gasteiger partial charge in [-0.15, -0.1) is 0 Å². The zero-order chi connectivity index (χ0) is 15.6. The maximum atomic E-state index is 5.82. The summed E-state index contributed by atoms with van der Waals surface area (Å²) in [6.07, 6.45) is 2.09. The van der Waals surface area contributed by atoms with E-state index in [1.54, 1.807) is 11.3 Å². The zero-order valence-electron chi connectivity index (χ0n) is 13.4. The molecule has 1 atom stereocenters. The van der Waals surface area contributed by atoms with Crippen LogP contribution in [0.1, 0.15) is 39.5 Å². The van der Waals surface area contributed by atoms with Gasteiger partial charge in [0.2, 0.25) is 11.7 Å². The molecule has 3 heterocycles.